The van der Waals surface area contributed by atoms with E-state index in [1.54, 1.807) is 36.4 Å². The van der Waals surface area contributed by atoms with Crippen molar-refractivity contribution in [3.05, 3.63) is 62.7 Å². The Morgan fingerprint density at radius 3 is 2.52 bits per heavy atom. The highest BCUT2D eigenvalue weighted by Gasteiger charge is 2.10. The monoisotopic (exact) mass is 439 g/mol. The molecular formula is C16H14IN3O2S. The minimum atomic E-state index is -0.530. The normalized spacial score (nSPS) is 10.0. The van der Waals surface area contributed by atoms with E-state index < -0.39 is 5.91 Å². The number of aryl methyl sites for hydroxylation is 1. The molecule has 0 aromatic heterocycles. The third-order valence-electron chi connectivity index (χ3n) is 3.07. The Kier molecular flexibility index (Phi) is 5.67. The fourth-order valence-corrected chi connectivity index (χ4v) is 2.55. The standard InChI is InChI=1S/C16H14IN3O2S/c1-9-5-6-11(8-13(9)17)15(22)20-16(23)19-12-4-2-3-10(7-12)14(18)21/h2-8H,1H3,(H2,18,21)(H2,19,20,22,23). The van der Waals surface area contributed by atoms with Gasteiger partial charge in [-0.3, -0.25) is 14.9 Å². The van der Waals surface area contributed by atoms with E-state index in [1.807, 2.05) is 13.0 Å². The van der Waals surface area contributed by atoms with Crippen LogP contribution >= 0.6 is 34.8 Å². The molecular weight excluding hydrogens is 425 g/mol. The van der Waals surface area contributed by atoms with Gasteiger partial charge in [-0.25, -0.2) is 0 Å². The van der Waals surface area contributed by atoms with Crippen molar-refractivity contribution < 1.29 is 9.59 Å². The molecule has 23 heavy (non-hydrogen) atoms. The third kappa shape index (κ3) is 4.73. The molecule has 0 heterocycles. The summed E-state index contributed by atoms with van der Waals surface area (Å²) in [6, 6.07) is 12.0. The molecule has 2 amide bonds. The molecule has 0 aliphatic carbocycles. The summed E-state index contributed by atoms with van der Waals surface area (Å²) in [7, 11) is 0. The zero-order chi connectivity index (χ0) is 17.0. The van der Waals surface area contributed by atoms with E-state index in [0.717, 1.165) is 9.13 Å². The molecule has 5 nitrogen and oxygen atoms in total. The quantitative estimate of drug-likeness (QED) is 0.508. The van der Waals surface area contributed by atoms with Gasteiger partial charge in [0.2, 0.25) is 5.91 Å². The lowest BCUT2D eigenvalue weighted by molar-refractivity contribution is 0.0974. The Morgan fingerprint density at radius 2 is 1.87 bits per heavy atom. The molecule has 0 unspecified atom stereocenters. The highest BCUT2D eigenvalue weighted by atomic mass is 127. The van der Waals surface area contributed by atoms with E-state index >= 15 is 0 Å². The van der Waals surface area contributed by atoms with Crippen LogP contribution in [0.2, 0.25) is 0 Å². The summed E-state index contributed by atoms with van der Waals surface area (Å²) in [4.78, 5) is 23.3. The van der Waals surface area contributed by atoms with Crippen LogP contribution in [-0.2, 0) is 0 Å². The van der Waals surface area contributed by atoms with Gasteiger partial charge in [-0.15, -0.1) is 0 Å². The number of amides is 2. The number of thiocarbonyl (C=S) groups is 1. The van der Waals surface area contributed by atoms with Crippen molar-refractivity contribution in [2.24, 2.45) is 5.73 Å². The fourth-order valence-electron chi connectivity index (χ4n) is 1.82. The number of nitrogens with one attached hydrogen (secondary N) is 2. The van der Waals surface area contributed by atoms with Crippen molar-refractivity contribution >= 4 is 57.4 Å². The van der Waals surface area contributed by atoms with Crippen LogP contribution in [0.5, 0.6) is 0 Å². The predicted molar refractivity (Wildman–Crippen MR) is 103 cm³/mol. The molecule has 0 radical (unpaired) electrons. The van der Waals surface area contributed by atoms with Gasteiger partial charge in [-0.05, 0) is 77.6 Å². The number of carbonyl (C=O) groups excluding carboxylic acids is 2. The average Bonchev–Trinajstić information content (AvgIpc) is 2.50. The fraction of sp³-hybridized carbons (Fsp3) is 0.0625. The van der Waals surface area contributed by atoms with E-state index in [-0.39, 0.29) is 11.0 Å². The van der Waals surface area contributed by atoms with Crippen LogP contribution < -0.4 is 16.4 Å². The molecule has 2 rings (SSSR count). The minimum Gasteiger partial charge on any atom is -0.366 e. The maximum atomic E-state index is 12.2. The van der Waals surface area contributed by atoms with Gasteiger partial charge in [0.05, 0.1) is 0 Å². The number of rotatable bonds is 3. The van der Waals surface area contributed by atoms with Crippen LogP contribution in [-0.4, -0.2) is 16.9 Å². The first-order valence-electron chi connectivity index (χ1n) is 6.65. The summed E-state index contributed by atoms with van der Waals surface area (Å²) >= 11 is 7.29. The molecule has 0 atom stereocenters. The van der Waals surface area contributed by atoms with Gasteiger partial charge in [0.15, 0.2) is 5.11 Å². The number of hydrogen-bond donors (Lipinski definition) is 3. The van der Waals surface area contributed by atoms with E-state index in [4.69, 9.17) is 18.0 Å². The second-order valence-corrected chi connectivity index (χ2v) is 6.39. The summed E-state index contributed by atoms with van der Waals surface area (Å²) in [5.74, 6) is -0.829. The second-order valence-electron chi connectivity index (χ2n) is 4.82. The zero-order valence-corrected chi connectivity index (χ0v) is 15.2. The largest absolute Gasteiger partial charge is 0.366 e. The molecule has 0 spiro atoms. The lowest BCUT2D eigenvalue weighted by Gasteiger charge is -2.10. The number of carbonyl (C=O) groups is 2. The number of hydrogen-bond acceptors (Lipinski definition) is 3. The molecule has 7 heteroatoms. The van der Waals surface area contributed by atoms with E-state index in [2.05, 4.69) is 33.2 Å². The van der Waals surface area contributed by atoms with Crippen molar-refractivity contribution in [2.75, 3.05) is 5.32 Å². The van der Waals surface area contributed by atoms with E-state index in [1.165, 1.54) is 0 Å². The lowest BCUT2D eigenvalue weighted by atomic mass is 10.1. The van der Waals surface area contributed by atoms with Gasteiger partial charge < -0.3 is 11.1 Å². The van der Waals surface area contributed by atoms with Crippen LogP contribution in [0, 0.1) is 10.5 Å². The molecule has 2 aromatic rings. The highest BCUT2D eigenvalue weighted by Crippen LogP contribution is 2.14. The van der Waals surface area contributed by atoms with Crippen LogP contribution in [0.3, 0.4) is 0 Å². The number of primary amides is 1. The maximum absolute atomic E-state index is 12.2. The maximum Gasteiger partial charge on any atom is 0.257 e. The van der Waals surface area contributed by atoms with Gasteiger partial charge >= 0.3 is 0 Å². The highest BCUT2D eigenvalue weighted by molar-refractivity contribution is 14.1. The molecule has 118 valence electrons. The van der Waals surface area contributed by atoms with E-state index in [9.17, 15) is 9.59 Å². The SMILES string of the molecule is Cc1ccc(C(=O)NC(=S)Nc2cccc(C(N)=O)c2)cc1I. The van der Waals surface area contributed by atoms with E-state index in [0.29, 0.717) is 16.8 Å². The topological polar surface area (TPSA) is 84.2 Å². The first kappa shape index (κ1) is 17.4. The molecule has 0 aliphatic rings. The van der Waals surface area contributed by atoms with Crippen LogP contribution in [0.1, 0.15) is 26.3 Å². The molecule has 2 aromatic carbocycles. The molecule has 0 saturated heterocycles. The number of halogens is 1. The van der Waals surface area contributed by atoms with Gasteiger partial charge in [0.1, 0.15) is 0 Å². The number of nitrogens with two attached hydrogens (primary N) is 1. The molecule has 0 saturated carbocycles. The Morgan fingerprint density at radius 1 is 1.13 bits per heavy atom. The Hall–Kier alpha value is -2.00. The van der Waals surface area contributed by atoms with Crippen molar-refractivity contribution in [3.8, 4) is 0 Å². The zero-order valence-electron chi connectivity index (χ0n) is 12.2. The number of anilines is 1. The van der Waals surface area contributed by atoms with Crippen LogP contribution in [0.15, 0.2) is 42.5 Å². The Labute approximate surface area is 152 Å². The van der Waals surface area contributed by atoms with Crippen molar-refractivity contribution in [3.63, 3.8) is 0 Å². The smallest absolute Gasteiger partial charge is 0.257 e. The first-order chi connectivity index (χ1) is 10.9. The molecule has 0 bridgehead atoms. The van der Waals surface area contributed by atoms with Crippen molar-refractivity contribution in [2.45, 2.75) is 6.92 Å². The molecule has 0 fully saturated rings. The third-order valence-corrected chi connectivity index (χ3v) is 4.43. The Bertz CT molecular complexity index is 793. The summed E-state index contributed by atoms with van der Waals surface area (Å²) in [5, 5.41) is 5.60. The lowest BCUT2D eigenvalue weighted by Crippen LogP contribution is -2.34. The van der Waals surface area contributed by atoms with Gasteiger partial charge in [-0.2, -0.15) is 0 Å². The summed E-state index contributed by atoms with van der Waals surface area (Å²) in [6.07, 6.45) is 0. The summed E-state index contributed by atoms with van der Waals surface area (Å²) < 4.78 is 1.00. The number of benzene rings is 2. The van der Waals surface area contributed by atoms with Gasteiger partial charge in [0.25, 0.3) is 5.91 Å². The van der Waals surface area contributed by atoms with Gasteiger partial charge in [0, 0.05) is 20.4 Å². The predicted octanol–water partition coefficient (Wildman–Crippen LogP) is 2.83. The first-order valence-corrected chi connectivity index (χ1v) is 8.14. The molecule has 0 aliphatic heterocycles. The molecule has 4 N–H and O–H groups in total. The summed E-state index contributed by atoms with van der Waals surface area (Å²) in [6.45, 7) is 1.97. The van der Waals surface area contributed by atoms with Crippen LogP contribution in [0.25, 0.3) is 0 Å². The van der Waals surface area contributed by atoms with Gasteiger partial charge in [-0.1, -0.05) is 12.1 Å². The minimum absolute atomic E-state index is 0.146. The summed E-state index contributed by atoms with van der Waals surface area (Å²) in [5.41, 5.74) is 7.79. The Balaban J connectivity index is 2.04. The van der Waals surface area contributed by atoms with Crippen molar-refractivity contribution in [1.82, 2.24) is 5.32 Å². The van der Waals surface area contributed by atoms with Crippen LogP contribution in [0.4, 0.5) is 5.69 Å². The second kappa shape index (κ2) is 7.51. The average molecular weight is 439 g/mol. The van der Waals surface area contributed by atoms with Crippen molar-refractivity contribution in [1.29, 1.82) is 0 Å².